The summed E-state index contributed by atoms with van der Waals surface area (Å²) in [4.78, 5) is 0. The van der Waals surface area contributed by atoms with Crippen molar-refractivity contribution >= 4 is 12.4 Å². The van der Waals surface area contributed by atoms with Crippen LogP contribution in [0.25, 0.3) is 11.3 Å². The number of benzene rings is 1. The summed E-state index contributed by atoms with van der Waals surface area (Å²) in [5.41, 5.74) is 4.97. The lowest BCUT2D eigenvalue weighted by Crippen LogP contribution is -2.16. The van der Waals surface area contributed by atoms with Gasteiger partial charge in [-0.15, -0.1) is 12.4 Å². The molecule has 0 radical (unpaired) electrons. The van der Waals surface area contributed by atoms with E-state index in [2.05, 4.69) is 47.3 Å². The molecular formula is C19H28ClN3. The molecule has 0 saturated heterocycles. The molecule has 1 aromatic carbocycles. The molecule has 2 aromatic rings. The van der Waals surface area contributed by atoms with Crippen LogP contribution in [0.15, 0.2) is 30.3 Å². The van der Waals surface area contributed by atoms with Crippen molar-refractivity contribution in [1.29, 1.82) is 0 Å². The van der Waals surface area contributed by atoms with Crippen LogP contribution in [0.4, 0.5) is 0 Å². The second kappa shape index (κ2) is 8.51. The number of aryl methyl sites for hydroxylation is 1. The zero-order valence-electron chi connectivity index (χ0n) is 14.2. The van der Waals surface area contributed by atoms with Gasteiger partial charge >= 0.3 is 0 Å². The van der Waals surface area contributed by atoms with Crippen molar-refractivity contribution in [3.63, 3.8) is 0 Å². The van der Waals surface area contributed by atoms with Crippen LogP contribution in [0, 0.1) is 12.8 Å². The first-order valence-electron chi connectivity index (χ1n) is 8.54. The smallest absolute Gasteiger partial charge is 0.0768 e. The Morgan fingerprint density at radius 1 is 1.13 bits per heavy atom. The van der Waals surface area contributed by atoms with Gasteiger partial charge in [0.2, 0.25) is 0 Å². The summed E-state index contributed by atoms with van der Waals surface area (Å²) in [6, 6.07) is 11.0. The summed E-state index contributed by atoms with van der Waals surface area (Å²) in [6.45, 7) is 4.03. The maximum absolute atomic E-state index is 4.85. The lowest BCUT2D eigenvalue weighted by molar-refractivity contribution is 0.309. The minimum absolute atomic E-state index is 0. The molecule has 1 aliphatic rings. The van der Waals surface area contributed by atoms with E-state index in [-0.39, 0.29) is 12.4 Å². The fourth-order valence-electron chi connectivity index (χ4n) is 3.45. The second-order valence-electron chi connectivity index (χ2n) is 6.60. The first-order chi connectivity index (χ1) is 10.8. The van der Waals surface area contributed by atoms with E-state index in [0.717, 1.165) is 24.7 Å². The first kappa shape index (κ1) is 18.0. The monoisotopic (exact) mass is 333 g/mol. The summed E-state index contributed by atoms with van der Waals surface area (Å²) in [6.07, 6.45) is 6.89. The number of rotatable bonds is 5. The predicted molar refractivity (Wildman–Crippen MR) is 99.0 cm³/mol. The molecule has 1 aliphatic carbocycles. The zero-order valence-corrected chi connectivity index (χ0v) is 15.0. The number of hydrogen-bond donors (Lipinski definition) is 1. The Balaban J connectivity index is 0.00000192. The molecule has 4 heteroatoms. The van der Waals surface area contributed by atoms with Crippen LogP contribution in [0.1, 0.15) is 43.4 Å². The van der Waals surface area contributed by atoms with Gasteiger partial charge in [-0.1, -0.05) is 49.1 Å². The Labute approximate surface area is 145 Å². The standard InChI is InChI=1S/C19H27N3.ClH/c1-15-8-10-17(11-9-15)19-12-18(13-20-2)21-22(19)14-16-6-4-3-5-7-16;/h8-12,16,20H,3-7,13-14H2,1-2H3;1H. The van der Waals surface area contributed by atoms with Crippen LogP contribution < -0.4 is 5.32 Å². The van der Waals surface area contributed by atoms with Crippen LogP contribution in [0.5, 0.6) is 0 Å². The maximum Gasteiger partial charge on any atom is 0.0768 e. The van der Waals surface area contributed by atoms with Crippen molar-refractivity contribution in [1.82, 2.24) is 15.1 Å². The Kier molecular flexibility index (Phi) is 6.67. The van der Waals surface area contributed by atoms with E-state index in [9.17, 15) is 0 Å². The van der Waals surface area contributed by atoms with E-state index >= 15 is 0 Å². The lowest BCUT2D eigenvalue weighted by atomic mass is 9.89. The van der Waals surface area contributed by atoms with Crippen molar-refractivity contribution < 1.29 is 0 Å². The molecule has 1 aromatic heterocycles. The third-order valence-electron chi connectivity index (χ3n) is 4.69. The number of aromatic nitrogens is 2. The summed E-state index contributed by atoms with van der Waals surface area (Å²) in [5, 5.41) is 8.06. The van der Waals surface area contributed by atoms with Crippen LogP contribution in [0.3, 0.4) is 0 Å². The van der Waals surface area contributed by atoms with E-state index in [1.165, 1.54) is 48.9 Å². The average molecular weight is 334 g/mol. The van der Waals surface area contributed by atoms with Crippen molar-refractivity contribution in [2.45, 2.75) is 52.1 Å². The van der Waals surface area contributed by atoms with E-state index in [1.54, 1.807) is 0 Å². The Bertz CT molecular complexity index is 598. The zero-order chi connectivity index (χ0) is 15.4. The van der Waals surface area contributed by atoms with Gasteiger partial charge in [0, 0.05) is 13.1 Å². The van der Waals surface area contributed by atoms with E-state index in [0.29, 0.717) is 0 Å². The SMILES string of the molecule is CNCc1cc(-c2ccc(C)cc2)n(CC2CCCCC2)n1.Cl. The second-order valence-corrected chi connectivity index (χ2v) is 6.60. The fraction of sp³-hybridized carbons (Fsp3) is 0.526. The highest BCUT2D eigenvalue weighted by molar-refractivity contribution is 5.85. The van der Waals surface area contributed by atoms with Crippen molar-refractivity contribution in [2.24, 2.45) is 5.92 Å². The molecule has 0 atom stereocenters. The molecule has 0 amide bonds. The molecular weight excluding hydrogens is 306 g/mol. The molecule has 3 nitrogen and oxygen atoms in total. The molecule has 1 saturated carbocycles. The lowest BCUT2D eigenvalue weighted by Gasteiger charge is -2.22. The highest BCUT2D eigenvalue weighted by Crippen LogP contribution is 2.28. The third-order valence-corrected chi connectivity index (χ3v) is 4.69. The van der Waals surface area contributed by atoms with Gasteiger partial charge in [0.1, 0.15) is 0 Å². The Hall–Kier alpha value is -1.32. The number of nitrogens with zero attached hydrogens (tertiary/aromatic N) is 2. The molecule has 3 rings (SSSR count). The van der Waals surface area contributed by atoms with Gasteiger partial charge in [-0.3, -0.25) is 4.68 Å². The summed E-state index contributed by atoms with van der Waals surface area (Å²) >= 11 is 0. The third kappa shape index (κ3) is 4.58. The van der Waals surface area contributed by atoms with Gasteiger partial charge in [-0.05, 0) is 44.4 Å². The van der Waals surface area contributed by atoms with Crippen LogP contribution in [0.2, 0.25) is 0 Å². The van der Waals surface area contributed by atoms with E-state index in [1.807, 2.05) is 7.05 Å². The van der Waals surface area contributed by atoms with Gasteiger partial charge in [-0.2, -0.15) is 5.10 Å². The minimum atomic E-state index is 0. The predicted octanol–water partition coefficient (Wildman–Crippen LogP) is 4.58. The first-order valence-corrected chi connectivity index (χ1v) is 8.54. The van der Waals surface area contributed by atoms with Crippen LogP contribution in [-0.2, 0) is 13.1 Å². The molecule has 1 heterocycles. The Morgan fingerprint density at radius 2 is 1.83 bits per heavy atom. The van der Waals surface area contributed by atoms with Gasteiger partial charge in [0.05, 0.1) is 11.4 Å². The van der Waals surface area contributed by atoms with E-state index < -0.39 is 0 Å². The topological polar surface area (TPSA) is 29.9 Å². The largest absolute Gasteiger partial charge is 0.314 e. The van der Waals surface area contributed by atoms with Gasteiger partial charge in [0.15, 0.2) is 0 Å². The normalized spacial score (nSPS) is 15.4. The number of halogens is 1. The molecule has 0 aliphatic heterocycles. The summed E-state index contributed by atoms with van der Waals surface area (Å²) < 4.78 is 2.24. The molecule has 0 unspecified atom stereocenters. The van der Waals surface area contributed by atoms with Crippen molar-refractivity contribution in [2.75, 3.05) is 7.05 Å². The van der Waals surface area contributed by atoms with Gasteiger partial charge < -0.3 is 5.32 Å². The maximum atomic E-state index is 4.85. The Morgan fingerprint density at radius 3 is 2.48 bits per heavy atom. The van der Waals surface area contributed by atoms with Gasteiger partial charge in [0.25, 0.3) is 0 Å². The molecule has 1 fully saturated rings. The van der Waals surface area contributed by atoms with Crippen molar-refractivity contribution in [3.8, 4) is 11.3 Å². The molecule has 1 N–H and O–H groups in total. The van der Waals surface area contributed by atoms with Crippen molar-refractivity contribution in [3.05, 3.63) is 41.6 Å². The van der Waals surface area contributed by atoms with Crippen LogP contribution in [-0.4, -0.2) is 16.8 Å². The van der Waals surface area contributed by atoms with Gasteiger partial charge in [-0.25, -0.2) is 0 Å². The molecule has 23 heavy (non-hydrogen) atoms. The molecule has 126 valence electrons. The highest BCUT2D eigenvalue weighted by atomic mass is 35.5. The summed E-state index contributed by atoms with van der Waals surface area (Å²) in [5.74, 6) is 0.792. The average Bonchev–Trinajstić information content (AvgIpc) is 2.92. The highest BCUT2D eigenvalue weighted by Gasteiger charge is 2.17. The number of nitrogens with one attached hydrogen (secondary N) is 1. The van der Waals surface area contributed by atoms with Crippen LogP contribution >= 0.6 is 12.4 Å². The van der Waals surface area contributed by atoms with E-state index in [4.69, 9.17) is 5.10 Å². The molecule has 0 spiro atoms. The molecule has 0 bridgehead atoms. The number of hydrogen-bond acceptors (Lipinski definition) is 2. The minimum Gasteiger partial charge on any atom is -0.314 e. The quantitative estimate of drug-likeness (QED) is 0.868. The fourth-order valence-corrected chi connectivity index (χ4v) is 3.45. The summed E-state index contributed by atoms with van der Waals surface area (Å²) in [7, 11) is 1.98.